The summed E-state index contributed by atoms with van der Waals surface area (Å²) in [5, 5.41) is 3.27. The summed E-state index contributed by atoms with van der Waals surface area (Å²) in [6.07, 6.45) is 3.59. The molecule has 0 aliphatic carbocycles. The maximum absolute atomic E-state index is 5.52. The van der Waals surface area contributed by atoms with Crippen LogP contribution in [0.4, 0.5) is 0 Å². The van der Waals surface area contributed by atoms with Gasteiger partial charge in [-0.25, -0.2) is 0 Å². The van der Waals surface area contributed by atoms with Gasteiger partial charge in [-0.05, 0) is 30.2 Å². The minimum absolute atomic E-state index is 0.825. The van der Waals surface area contributed by atoms with Gasteiger partial charge in [-0.2, -0.15) is 0 Å². The highest BCUT2D eigenvalue weighted by atomic mass is 35.5. The molecule has 0 amide bonds. The highest BCUT2D eigenvalue weighted by Crippen LogP contribution is 1.97. The van der Waals surface area contributed by atoms with E-state index in [0.717, 1.165) is 18.7 Å². The first kappa shape index (κ1) is 10.2. The van der Waals surface area contributed by atoms with E-state index in [-0.39, 0.29) is 0 Å². The topological polar surface area (TPSA) is 24.9 Å². The van der Waals surface area contributed by atoms with Gasteiger partial charge in [-0.1, -0.05) is 11.6 Å². The smallest absolute Gasteiger partial charge is 0.0271 e. The van der Waals surface area contributed by atoms with Gasteiger partial charge in [0.2, 0.25) is 0 Å². The van der Waals surface area contributed by atoms with Crippen LogP contribution in [0.1, 0.15) is 12.5 Å². The minimum atomic E-state index is 0.825. The van der Waals surface area contributed by atoms with Crippen LogP contribution < -0.4 is 5.32 Å². The molecule has 0 aliphatic heterocycles. The van der Waals surface area contributed by atoms with Crippen molar-refractivity contribution in [2.75, 3.05) is 6.54 Å². The fraction of sp³-hybridized carbons (Fsp3) is 0.300. The summed E-state index contributed by atoms with van der Waals surface area (Å²) < 4.78 is 0. The normalized spacial score (nSPS) is 11.7. The Morgan fingerprint density at radius 2 is 2.23 bits per heavy atom. The number of rotatable bonds is 4. The van der Waals surface area contributed by atoms with Crippen LogP contribution in [-0.2, 0) is 6.54 Å². The first-order valence-corrected chi connectivity index (χ1v) is 4.62. The Hall–Kier alpha value is -0.860. The number of halogens is 1. The minimum Gasteiger partial charge on any atom is -0.309 e. The molecule has 13 heavy (non-hydrogen) atoms. The van der Waals surface area contributed by atoms with Gasteiger partial charge in [0.25, 0.3) is 0 Å². The van der Waals surface area contributed by atoms with Crippen LogP contribution in [0.25, 0.3) is 0 Å². The second-order valence-electron chi connectivity index (χ2n) is 2.91. The third-order valence-electron chi connectivity index (χ3n) is 1.67. The Morgan fingerprint density at radius 1 is 1.54 bits per heavy atom. The predicted octanol–water partition coefficient (Wildman–Crippen LogP) is 2.31. The standard InChI is InChI=1S/C10H13ClN2/c1-9(6-11)7-13-8-10-2-4-12-5-3-10/h2-6,13H,7-8H2,1H3/b9-6-. The first-order chi connectivity index (χ1) is 6.33. The fourth-order valence-corrected chi connectivity index (χ4v) is 1.02. The zero-order valence-corrected chi connectivity index (χ0v) is 8.38. The van der Waals surface area contributed by atoms with E-state index in [9.17, 15) is 0 Å². The van der Waals surface area contributed by atoms with Gasteiger partial charge in [-0.3, -0.25) is 4.98 Å². The second-order valence-corrected chi connectivity index (χ2v) is 3.13. The summed E-state index contributed by atoms with van der Waals surface area (Å²) in [4.78, 5) is 3.94. The van der Waals surface area contributed by atoms with Crippen LogP contribution in [0.2, 0.25) is 0 Å². The molecule has 0 aromatic carbocycles. The van der Waals surface area contributed by atoms with Crippen molar-refractivity contribution in [1.29, 1.82) is 0 Å². The maximum atomic E-state index is 5.52. The van der Waals surface area contributed by atoms with Gasteiger partial charge in [0.1, 0.15) is 0 Å². The quantitative estimate of drug-likeness (QED) is 0.800. The SMILES string of the molecule is C/C(=C/Cl)CNCc1ccncc1. The predicted molar refractivity (Wildman–Crippen MR) is 55.6 cm³/mol. The van der Waals surface area contributed by atoms with Crippen molar-refractivity contribution in [2.24, 2.45) is 0 Å². The van der Waals surface area contributed by atoms with E-state index < -0.39 is 0 Å². The van der Waals surface area contributed by atoms with Crippen LogP contribution in [0.15, 0.2) is 35.6 Å². The van der Waals surface area contributed by atoms with Gasteiger partial charge in [0, 0.05) is 31.0 Å². The van der Waals surface area contributed by atoms with E-state index in [1.54, 1.807) is 17.9 Å². The van der Waals surface area contributed by atoms with Gasteiger partial charge < -0.3 is 5.32 Å². The lowest BCUT2D eigenvalue weighted by Gasteiger charge is -2.03. The molecule has 2 nitrogen and oxygen atoms in total. The number of hydrogen-bond donors (Lipinski definition) is 1. The van der Waals surface area contributed by atoms with Crippen molar-refractivity contribution in [3.05, 3.63) is 41.2 Å². The Labute approximate surface area is 83.6 Å². The average molecular weight is 197 g/mol. The third kappa shape index (κ3) is 4.06. The van der Waals surface area contributed by atoms with Crippen molar-refractivity contribution in [1.82, 2.24) is 10.3 Å². The van der Waals surface area contributed by atoms with E-state index in [0.29, 0.717) is 0 Å². The Balaban J connectivity index is 2.28. The molecule has 0 aliphatic rings. The van der Waals surface area contributed by atoms with Crippen molar-refractivity contribution in [3.8, 4) is 0 Å². The molecular formula is C10H13ClN2. The molecular weight excluding hydrogens is 184 g/mol. The maximum Gasteiger partial charge on any atom is 0.0271 e. The van der Waals surface area contributed by atoms with Crippen LogP contribution in [0.5, 0.6) is 0 Å². The molecule has 1 N–H and O–H groups in total. The third-order valence-corrected chi connectivity index (χ3v) is 2.04. The number of pyridine rings is 1. The molecule has 0 spiro atoms. The lowest BCUT2D eigenvalue weighted by molar-refractivity contribution is 0.739. The molecule has 0 unspecified atom stereocenters. The molecule has 3 heteroatoms. The summed E-state index contributed by atoms with van der Waals surface area (Å²) >= 11 is 5.52. The van der Waals surface area contributed by atoms with E-state index >= 15 is 0 Å². The van der Waals surface area contributed by atoms with Crippen molar-refractivity contribution in [2.45, 2.75) is 13.5 Å². The number of hydrogen-bond acceptors (Lipinski definition) is 2. The van der Waals surface area contributed by atoms with Gasteiger partial charge in [-0.15, -0.1) is 0 Å². The Bertz CT molecular complexity index is 270. The highest BCUT2D eigenvalue weighted by molar-refractivity contribution is 6.25. The molecule has 1 aromatic rings. The summed E-state index contributed by atoms with van der Waals surface area (Å²) in [6.45, 7) is 3.67. The van der Waals surface area contributed by atoms with Crippen LogP contribution in [-0.4, -0.2) is 11.5 Å². The second kappa shape index (κ2) is 5.73. The Morgan fingerprint density at radius 3 is 2.85 bits per heavy atom. The lowest BCUT2D eigenvalue weighted by Crippen LogP contribution is -2.15. The highest BCUT2D eigenvalue weighted by Gasteiger charge is 1.91. The molecule has 1 rings (SSSR count). The molecule has 1 aromatic heterocycles. The largest absolute Gasteiger partial charge is 0.309 e. The zero-order valence-electron chi connectivity index (χ0n) is 7.63. The molecule has 0 bridgehead atoms. The van der Waals surface area contributed by atoms with E-state index in [4.69, 9.17) is 11.6 Å². The molecule has 0 saturated heterocycles. The number of aromatic nitrogens is 1. The van der Waals surface area contributed by atoms with Crippen LogP contribution in [0, 0.1) is 0 Å². The summed E-state index contributed by atoms with van der Waals surface area (Å²) in [5.41, 5.74) is 3.97. The van der Waals surface area contributed by atoms with Crippen molar-refractivity contribution in [3.63, 3.8) is 0 Å². The van der Waals surface area contributed by atoms with Crippen LogP contribution in [0.3, 0.4) is 0 Å². The molecule has 0 fully saturated rings. The zero-order chi connectivity index (χ0) is 9.52. The molecule has 0 radical (unpaired) electrons. The van der Waals surface area contributed by atoms with E-state index in [1.165, 1.54) is 5.56 Å². The van der Waals surface area contributed by atoms with Gasteiger partial charge in [0.05, 0.1) is 0 Å². The first-order valence-electron chi connectivity index (χ1n) is 4.18. The van der Waals surface area contributed by atoms with Gasteiger partial charge in [0.15, 0.2) is 0 Å². The number of nitrogens with zero attached hydrogens (tertiary/aromatic N) is 1. The molecule has 70 valence electrons. The summed E-state index contributed by atoms with van der Waals surface area (Å²) in [7, 11) is 0. The van der Waals surface area contributed by atoms with Gasteiger partial charge >= 0.3 is 0 Å². The van der Waals surface area contributed by atoms with Crippen LogP contribution >= 0.6 is 11.6 Å². The number of nitrogens with one attached hydrogen (secondary N) is 1. The van der Waals surface area contributed by atoms with Crippen molar-refractivity contribution < 1.29 is 0 Å². The van der Waals surface area contributed by atoms with E-state index in [1.807, 2.05) is 19.1 Å². The summed E-state index contributed by atoms with van der Waals surface area (Å²) in [5.74, 6) is 0. The molecule has 1 heterocycles. The molecule has 0 atom stereocenters. The lowest BCUT2D eigenvalue weighted by atomic mass is 10.2. The fourth-order valence-electron chi connectivity index (χ4n) is 0.943. The van der Waals surface area contributed by atoms with Crippen molar-refractivity contribution >= 4 is 11.6 Å². The average Bonchev–Trinajstić information content (AvgIpc) is 2.19. The Kier molecular flexibility index (Phi) is 4.50. The van der Waals surface area contributed by atoms with E-state index in [2.05, 4.69) is 10.3 Å². The molecule has 0 saturated carbocycles. The monoisotopic (exact) mass is 196 g/mol. The summed E-state index contributed by atoms with van der Waals surface area (Å²) in [6, 6.07) is 3.99.